The lowest BCUT2D eigenvalue weighted by Gasteiger charge is -2.18. The number of aromatic nitrogens is 2. The number of aryl methyl sites for hydroxylation is 1. The van der Waals surface area contributed by atoms with Gasteiger partial charge in [-0.2, -0.15) is 0 Å². The van der Waals surface area contributed by atoms with Crippen molar-refractivity contribution in [2.75, 3.05) is 31.3 Å². The Balaban J connectivity index is 1.60. The van der Waals surface area contributed by atoms with Gasteiger partial charge in [0.25, 0.3) is 0 Å². The van der Waals surface area contributed by atoms with Crippen molar-refractivity contribution in [3.05, 3.63) is 54.0 Å². The molecule has 3 rings (SSSR count). The van der Waals surface area contributed by atoms with Crippen LogP contribution in [0.25, 0.3) is 0 Å². The second kappa shape index (κ2) is 8.29. The molecule has 1 fully saturated rings. The van der Waals surface area contributed by atoms with Gasteiger partial charge in [-0.05, 0) is 37.0 Å². The fraction of sp³-hybridized carbons (Fsp3) is 0.421. The van der Waals surface area contributed by atoms with E-state index in [4.69, 9.17) is 4.98 Å². The van der Waals surface area contributed by atoms with Crippen molar-refractivity contribution < 1.29 is 0 Å². The van der Waals surface area contributed by atoms with Gasteiger partial charge in [0.05, 0.1) is 12.4 Å². The van der Waals surface area contributed by atoms with Gasteiger partial charge in [0, 0.05) is 20.1 Å². The molecule has 0 bridgehead atoms. The van der Waals surface area contributed by atoms with Gasteiger partial charge in [-0.25, -0.2) is 4.98 Å². The quantitative estimate of drug-likeness (QED) is 0.615. The summed E-state index contributed by atoms with van der Waals surface area (Å²) in [6, 6.07) is 10.8. The van der Waals surface area contributed by atoms with Crippen molar-refractivity contribution in [1.82, 2.24) is 9.97 Å². The molecular weight excluding hydrogens is 316 g/mol. The maximum absolute atomic E-state index is 4.76. The minimum Gasteiger partial charge on any atom is -0.355 e. The van der Waals surface area contributed by atoms with Crippen LogP contribution < -0.4 is 4.90 Å². The van der Waals surface area contributed by atoms with Gasteiger partial charge in [0.15, 0.2) is 0 Å². The van der Waals surface area contributed by atoms with E-state index in [0.717, 1.165) is 42.0 Å². The molecule has 0 amide bonds. The van der Waals surface area contributed by atoms with Crippen molar-refractivity contribution in [3.63, 3.8) is 0 Å². The number of rotatable bonds is 5. The number of nitrogens with zero attached hydrogens (tertiary/aromatic N) is 4. The van der Waals surface area contributed by atoms with Crippen LogP contribution >= 0.6 is 11.8 Å². The Labute approximate surface area is 148 Å². The van der Waals surface area contributed by atoms with Crippen molar-refractivity contribution in [2.45, 2.75) is 19.3 Å². The van der Waals surface area contributed by atoms with E-state index >= 15 is 0 Å². The molecule has 4 nitrogen and oxygen atoms in total. The fourth-order valence-corrected chi connectivity index (χ4v) is 3.70. The van der Waals surface area contributed by atoms with E-state index in [1.807, 2.05) is 12.5 Å². The molecule has 0 saturated carbocycles. The zero-order valence-corrected chi connectivity index (χ0v) is 15.2. The third-order valence-corrected chi connectivity index (χ3v) is 5.31. The van der Waals surface area contributed by atoms with Gasteiger partial charge in [0.2, 0.25) is 0 Å². The summed E-state index contributed by atoms with van der Waals surface area (Å²) in [5.74, 6) is 1.71. The van der Waals surface area contributed by atoms with Crippen molar-refractivity contribution in [3.8, 4) is 0 Å². The Bertz CT molecular complexity index is 687. The van der Waals surface area contributed by atoms with Gasteiger partial charge in [-0.3, -0.25) is 9.98 Å². The molecule has 2 aromatic rings. The van der Waals surface area contributed by atoms with E-state index in [0.29, 0.717) is 0 Å². The second-order valence-electron chi connectivity index (χ2n) is 6.12. The Hall–Kier alpha value is -1.88. The normalized spacial score (nSPS) is 18.2. The molecule has 1 unspecified atom stereocenters. The molecule has 0 spiro atoms. The van der Waals surface area contributed by atoms with Crippen LogP contribution in [0.2, 0.25) is 0 Å². The predicted octanol–water partition coefficient (Wildman–Crippen LogP) is 3.68. The van der Waals surface area contributed by atoms with E-state index in [-0.39, 0.29) is 0 Å². The number of hydrogen-bond donors (Lipinski definition) is 0. The molecule has 1 atom stereocenters. The minimum atomic E-state index is 0.732. The fourth-order valence-electron chi connectivity index (χ4n) is 3.21. The molecule has 1 aliphatic rings. The SMILES string of the molecule is CN=C(SC)c1cncc(N2CCC(CCc3ccccc3)C2)n1. The third-order valence-electron chi connectivity index (χ3n) is 4.53. The van der Waals surface area contributed by atoms with E-state index in [1.165, 1.54) is 18.4 Å². The topological polar surface area (TPSA) is 41.4 Å². The summed E-state index contributed by atoms with van der Waals surface area (Å²) in [4.78, 5) is 15.8. The van der Waals surface area contributed by atoms with Crippen LogP contribution in [0.15, 0.2) is 47.7 Å². The summed E-state index contributed by atoms with van der Waals surface area (Å²) in [7, 11) is 1.80. The Morgan fingerprint density at radius 2 is 2.12 bits per heavy atom. The third kappa shape index (κ3) is 4.15. The maximum atomic E-state index is 4.76. The number of aliphatic imine (C=N–C) groups is 1. The van der Waals surface area contributed by atoms with Crippen LogP contribution in [-0.4, -0.2) is 41.4 Å². The Kier molecular flexibility index (Phi) is 5.86. The second-order valence-corrected chi connectivity index (χ2v) is 6.92. The van der Waals surface area contributed by atoms with Crippen molar-refractivity contribution >= 4 is 22.6 Å². The summed E-state index contributed by atoms with van der Waals surface area (Å²) in [6.07, 6.45) is 9.31. The molecule has 1 aromatic heterocycles. The predicted molar refractivity (Wildman–Crippen MR) is 103 cm³/mol. The lowest BCUT2D eigenvalue weighted by atomic mass is 9.99. The highest BCUT2D eigenvalue weighted by Crippen LogP contribution is 2.25. The van der Waals surface area contributed by atoms with Gasteiger partial charge in [-0.1, -0.05) is 30.3 Å². The van der Waals surface area contributed by atoms with E-state index in [2.05, 4.69) is 45.2 Å². The molecule has 0 N–H and O–H groups in total. The van der Waals surface area contributed by atoms with Crippen LogP contribution in [0, 0.1) is 5.92 Å². The molecule has 0 radical (unpaired) electrons. The smallest absolute Gasteiger partial charge is 0.147 e. The molecule has 1 aliphatic heterocycles. The van der Waals surface area contributed by atoms with Crippen LogP contribution in [0.5, 0.6) is 0 Å². The molecule has 24 heavy (non-hydrogen) atoms. The summed E-state index contributed by atoms with van der Waals surface area (Å²) < 4.78 is 0. The van der Waals surface area contributed by atoms with Crippen LogP contribution in [-0.2, 0) is 6.42 Å². The number of benzene rings is 1. The van der Waals surface area contributed by atoms with Gasteiger partial charge >= 0.3 is 0 Å². The minimum absolute atomic E-state index is 0.732. The average Bonchev–Trinajstić information content (AvgIpc) is 3.11. The highest BCUT2D eigenvalue weighted by atomic mass is 32.2. The highest BCUT2D eigenvalue weighted by molar-refractivity contribution is 8.13. The summed E-state index contributed by atoms with van der Waals surface area (Å²) in [6.45, 7) is 2.14. The summed E-state index contributed by atoms with van der Waals surface area (Å²) in [5, 5.41) is 0.934. The van der Waals surface area contributed by atoms with E-state index in [9.17, 15) is 0 Å². The summed E-state index contributed by atoms with van der Waals surface area (Å²) >= 11 is 1.61. The Morgan fingerprint density at radius 3 is 2.88 bits per heavy atom. The first-order valence-electron chi connectivity index (χ1n) is 8.42. The zero-order valence-electron chi connectivity index (χ0n) is 14.4. The molecular formula is C19H24N4S. The van der Waals surface area contributed by atoms with Gasteiger partial charge < -0.3 is 4.90 Å². The monoisotopic (exact) mass is 340 g/mol. The maximum Gasteiger partial charge on any atom is 0.147 e. The highest BCUT2D eigenvalue weighted by Gasteiger charge is 2.23. The van der Waals surface area contributed by atoms with Gasteiger partial charge in [0.1, 0.15) is 16.6 Å². The van der Waals surface area contributed by atoms with Gasteiger partial charge in [-0.15, -0.1) is 11.8 Å². The first-order valence-corrected chi connectivity index (χ1v) is 9.64. The number of hydrogen-bond acceptors (Lipinski definition) is 5. The lowest BCUT2D eigenvalue weighted by Crippen LogP contribution is -2.22. The molecule has 1 aromatic carbocycles. The summed E-state index contributed by atoms with van der Waals surface area (Å²) in [5.41, 5.74) is 2.30. The van der Waals surface area contributed by atoms with E-state index in [1.54, 1.807) is 25.0 Å². The van der Waals surface area contributed by atoms with Crippen molar-refractivity contribution in [1.29, 1.82) is 0 Å². The molecule has 1 saturated heterocycles. The molecule has 5 heteroatoms. The molecule has 126 valence electrons. The first kappa shape index (κ1) is 17.0. The zero-order chi connectivity index (χ0) is 16.8. The van der Waals surface area contributed by atoms with E-state index < -0.39 is 0 Å². The van der Waals surface area contributed by atoms with Crippen LogP contribution in [0.4, 0.5) is 5.82 Å². The molecule has 0 aliphatic carbocycles. The average molecular weight is 340 g/mol. The largest absolute Gasteiger partial charge is 0.355 e. The van der Waals surface area contributed by atoms with Crippen molar-refractivity contribution in [2.24, 2.45) is 10.9 Å². The Morgan fingerprint density at radius 1 is 1.29 bits per heavy atom. The van der Waals surface area contributed by atoms with Crippen LogP contribution in [0.3, 0.4) is 0 Å². The lowest BCUT2D eigenvalue weighted by molar-refractivity contribution is 0.538. The number of anilines is 1. The number of thioether (sulfide) groups is 1. The first-order chi connectivity index (χ1) is 11.8. The standard InChI is InChI=1S/C19H24N4S/c1-20-19(24-2)17-12-21-13-18(22-17)23-11-10-16(14-23)9-8-15-6-4-3-5-7-15/h3-7,12-13,16H,8-11,14H2,1-2H3. The molecule has 2 heterocycles. The van der Waals surface area contributed by atoms with Crippen LogP contribution in [0.1, 0.15) is 24.1 Å².